The van der Waals surface area contributed by atoms with Gasteiger partial charge in [0.1, 0.15) is 0 Å². The van der Waals surface area contributed by atoms with Crippen LogP contribution in [0.4, 0.5) is 0 Å². The molecule has 0 radical (unpaired) electrons. The van der Waals surface area contributed by atoms with E-state index in [2.05, 4.69) is 22.6 Å². The predicted octanol–water partition coefficient (Wildman–Crippen LogP) is 1.02. The molecular formula is C15H30ClN3O2. The normalized spacial score (nSPS) is 26.0. The van der Waals surface area contributed by atoms with Crippen LogP contribution in [0.15, 0.2) is 0 Å². The van der Waals surface area contributed by atoms with Crippen molar-refractivity contribution >= 4 is 18.3 Å². The topological polar surface area (TPSA) is 53.6 Å². The third-order valence-electron chi connectivity index (χ3n) is 4.84. The van der Waals surface area contributed by atoms with Gasteiger partial charge >= 0.3 is 0 Å². The molecule has 1 amide bonds. The summed E-state index contributed by atoms with van der Waals surface area (Å²) in [6.07, 6.45) is 6.18. The number of rotatable bonds is 7. The van der Waals surface area contributed by atoms with E-state index in [0.717, 1.165) is 32.6 Å². The first-order chi connectivity index (χ1) is 9.68. The first kappa shape index (κ1) is 18.7. The highest BCUT2D eigenvalue weighted by molar-refractivity contribution is 5.85. The van der Waals surface area contributed by atoms with Gasteiger partial charge in [0.25, 0.3) is 0 Å². The molecule has 1 aliphatic carbocycles. The van der Waals surface area contributed by atoms with E-state index in [0.29, 0.717) is 12.6 Å². The Hall–Kier alpha value is -0.360. The first-order valence-corrected chi connectivity index (χ1v) is 7.86. The summed E-state index contributed by atoms with van der Waals surface area (Å²) in [4.78, 5) is 14.8. The van der Waals surface area contributed by atoms with Crippen molar-refractivity contribution in [2.75, 3.05) is 46.9 Å². The van der Waals surface area contributed by atoms with Gasteiger partial charge in [0, 0.05) is 32.8 Å². The van der Waals surface area contributed by atoms with E-state index in [1.54, 1.807) is 7.11 Å². The summed E-state index contributed by atoms with van der Waals surface area (Å²) in [5, 5.41) is 6.38. The molecule has 2 N–H and O–H groups in total. The molecule has 5 nitrogen and oxygen atoms in total. The third kappa shape index (κ3) is 4.81. The number of nitrogens with zero attached hydrogens (tertiary/aromatic N) is 1. The number of nitrogens with one attached hydrogen (secondary N) is 2. The Kier molecular flexibility index (Phi) is 7.95. The highest BCUT2D eigenvalue weighted by Crippen LogP contribution is 2.26. The Labute approximate surface area is 134 Å². The maximum absolute atomic E-state index is 12.4. The molecule has 1 aliphatic heterocycles. The van der Waals surface area contributed by atoms with E-state index in [1.807, 2.05) is 0 Å². The average Bonchev–Trinajstić information content (AvgIpc) is 3.10. The van der Waals surface area contributed by atoms with Crippen LogP contribution in [0.5, 0.6) is 0 Å². The second-order valence-electron chi connectivity index (χ2n) is 6.31. The van der Waals surface area contributed by atoms with Gasteiger partial charge in [0.05, 0.1) is 12.0 Å². The molecule has 0 spiro atoms. The summed E-state index contributed by atoms with van der Waals surface area (Å²) >= 11 is 0. The van der Waals surface area contributed by atoms with Crippen LogP contribution >= 0.6 is 12.4 Å². The van der Waals surface area contributed by atoms with Crippen LogP contribution in [0.3, 0.4) is 0 Å². The number of ether oxygens (including phenoxy) is 1. The molecule has 2 rings (SSSR count). The molecule has 0 aromatic rings. The zero-order valence-electron chi connectivity index (χ0n) is 13.3. The maximum Gasteiger partial charge on any atom is 0.229 e. The number of halogens is 1. The summed E-state index contributed by atoms with van der Waals surface area (Å²) in [5.74, 6) is 0.143. The second kappa shape index (κ2) is 8.93. The number of carbonyl (C=O) groups is 1. The lowest BCUT2D eigenvalue weighted by atomic mass is 9.87. The molecular weight excluding hydrogens is 290 g/mol. The largest absolute Gasteiger partial charge is 0.384 e. The van der Waals surface area contributed by atoms with E-state index in [4.69, 9.17) is 4.74 Å². The van der Waals surface area contributed by atoms with Crippen molar-refractivity contribution in [2.45, 2.75) is 38.1 Å². The monoisotopic (exact) mass is 319 g/mol. The molecule has 1 saturated heterocycles. The first-order valence-electron chi connectivity index (χ1n) is 7.86. The van der Waals surface area contributed by atoms with E-state index in [9.17, 15) is 4.79 Å². The molecule has 6 heteroatoms. The smallest absolute Gasteiger partial charge is 0.229 e. The van der Waals surface area contributed by atoms with Crippen molar-refractivity contribution in [1.29, 1.82) is 0 Å². The van der Waals surface area contributed by atoms with Gasteiger partial charge in [0.15, 0.2) is 0 Å². The lowest BCUT2D eigenvalue weighted by molar-refractivity contribution is -0.133. The van der Waals surface area contributed by atoms with Gasteiger partial charge in [-0.3, -0.25) is 4.79 Å². The minimum atomic E-state index is -0.360. The average molecular weight is 320 g/mol. The summed E-state index contributed by atoms with van der Waals surface area (Å²) in [5.41, 5.74) is -0.360. The lowest BCUT2D eigenvalue weighted by Gasteiger charge is -2.28. The lowest BCUT2D eigenvalue weighted by Crippen LogP contribution is -2.47. The number of hydrogen-bond acceptors (Lipinski definition) is 4. The minimum absolute atomic E-state index is 0. The fourth-order valence-corrected chi connectivity index (χ4v) is 3.46. The van der Waals surface area contributed by atoms with Crippen LogP contribution in [0.2, 0.25) is 0 Å². The molecule has 21 heavy (non-hydrogen) atoms. The molecule has 2 fully saturated rings. The Morgan fingerprint density at radius 3 is 2.71 bits per heavy atom. The molecule has 124 valence electrons. The van der Waals surface area contributed by atoms with Crippen LogP contribution < -0.4 is 10.6 Å². The van der Waals surface area contributed by atoms with Crippen molar-refractivity contribution < 1.29 is 9.53 Å². The van der Waals surface area contributed by atoms with Crippen molar-refractivity contribution in [1.82, 2.24) is 15.5 Å². The highest BCUT2D eigenvalue weighted by Gasteiger charge is 2.41. The summed E-state index contributed by atoms with van der Waals surface area (Å²) < 4.78 is 5.25. The molecule has 1 heterocycles. The molecule has 0 bridgehead atoms. The van der Waals surface area contributed by atoms with Gasteiger partial charge < -0.3 is 20.3 Å². The molecule has 0 aromatic carbocycles. The van der Waals surface area contributed by atoms with Crippen LogP contribution in [-0.4, -0.2) is 63.8 Å². The zero-order valence-corrected chi connectivity index (χ0v) is 14.1. The fourth-order valence-electron chi connectivity index (χ4n) is 3.46. The summed E-state index contributed by atoms with van der Waals surface area (Å²) in [7, 11) is 3.84. The fraction of sp³-hybridized carbons (Fsp3) is 0.933. The number of amides is 1. The second-order valence-corrected chi connectivity index (χ2v) is 6.31. The van der Waals surface area contributed by atoms with Crippen LogP contribution in [0.1, 0.15) is 32.1 Å². The van der Waals surface area contributed by atoms with Crippen LogP contribution in [-0.2, 0) is 9.53 Å². The predicted molar refractivity (Wildman–Crippen MR) is 86.9 cm³/mol. The van der Waals surface area contributed by atoms with Crippen molar-refractivity contribution in [2.24, 2.45) is 5.41 Å². The van der Waals surface area contributed by atoms with Crippen LogP contribution in [0, 0.1) is 5.41 Å². The SMILES string of the molecule is COCC1(C(=O)NCCN(C)C2CCCC2)CCNC1.Cl. The van der Waals surface area contributed by atoms with E-state index in [1.165, 1.54) is 25.7 Å². The van der Waals surface area contributed by atoms with Crippen LogP contribution in [0.25, 0.3) is 0 Å². The van der Waals surface area contributed by atoms with Gasteiger partial charge in [-0.25, -0.2) is 0 Å². The van der Waals surface area contributed by atoms with E-state index < -0.39 is 0 Å². The standard InChI is InChI=1S/C15H29N3O2.ClH/c1-18(13-5-3-4-6-13)10-9-17-14(19)15(12-20-2)7-8-16-11-15;/h13,16H,3-12H2,1-2H3,(H,17,19);1H. The zero-order chi connectivity index (χ0) is 14.4. The summed E-state index contributed by atoms with van der Waals surface area (Å²) in [6.45, 7) is 3.80. The van der Waals surface area contributed by atoms with E-state index >= 15 is 0 Å². The Morgan fingerprint density at radius 1 is 1.43 bits per heavy atom. The van der Waals surface area contributed by atoms with Gasteiger partial charge in [-0.1, -0.05) is 12.8 Å². The van der Waals surface area contributed by atoms with Crippen molar-refractivity contribution in [3.05, 3.63) is 0 Å². The Bertz CT molecular complexity index is 316. The van der Waals surface area contributed by atoms with Crippen molar-refractivity contribution in [3.63, 3.8) is 0 Å². The van der Waals surface area contributed by atoms with Gasteiger partial charge in [-0.2, -0.15) is 0 Å². The number of hydrogen-bond donors (Lipinski definition) is 2. The molecule has 1 unspecified atom stereocenters. The molecule has 0 aromatic heterocycles. The minimum Gasteiger partial charge on any atom is -0.384 e. The van der Waals surface area contributed by atoms with E-state index in [-0.39, 0.29) is 23.7 Å². The third-order valence-corrected chi connectivity index (χ3v) is 4.84. The Balaban J connectivity index is 0.00000220. The molecule has 2 aliphatic rings. The van der Waals surface area contributed by atoms with Gasteiger partial charge in [0.2, 0.25) is 5.91 Å². The Morgan fingerprint density at radius 2 is 2.14 bits per heavy atom. The maximum atomic E-state index is 12.4. The van der Waals surface area contributed by atoms with Gasteiger partial charge in [-0.05, 0) is 32.9 Å². The van der Waals surface area contributed by atoms with Crippen molar-refractivity contribution in [3.8, 4) is 0 Å². The highest BCUT2D eigenvalue weighted by atomic mass is 35.5. The van der Waals surface area contributed by atoms with Gasteiger partial charge in [-0.15, -0.1) is 12.4 Å². The molecule has 1 saturated carbocycles. The number of methoxy groups -OCH3 is 1. The molecule has 1 atom stereocenters. The quantitative estimate of drug-likeness (QED) is 0.736. The number of likely N-dealkylation sites (N-methyl/N-ethyl adjacent to an activating group) is 1. The summed E-state index contributed by atoms with van der Waals surface area (Å²) in [6, 6.07) is 0.716. The number of carbonyl (C=O) groups excluding carboxylic acids is 1.